The number of hydrogen-bond acceptors (Lipinski definition) is 5. The molecule has 1 saturated heterocycles. The first-order chi connectivity index (χ1) is 13.0. The molecule has 1 aliphatic rings. The van der Waals surface area contributed by atoms with Gasteiger partial charge >= 0.3 is 5.76 Å². The molecule has 1 amide bonds. The van der Waals surface area contributed by atoms with Crippen LogP contribution in [0.4, 0.5) is 5.69 Å². The van der Waals surface area contributed by atoms with Gasteiger partial charge in [0.1, 0.15) is 6.10 Å². The van der Waals surface area contributed by atoms with Gasteiger partial charge in [0.2, 0.25) is 5.91 Å². The van der Waals surface area contributed by atoms with Gasteiger partial charge in [-0.2, -0.15) is 0 Å². The van der Waals surface area contributed by atoms with E-state index in [1.807, 2.05) is 47.4 Å². The number of fused-ring (bicyclic) bond motifs is 1. The zero-order valence-electron chi connectivity index (χ0n) is 14.8. The fourth-order valence-corrected chi connectivity index (χ4v) is 3.20. The molecule has 0 spiro atoms. The van der Waals surface area contributed by atoms with Crippen LogP contribution in [0.1, 0.15) is 6.92 Å². The van der Waals surface area contributed by atoms with Gasteiger partial charge in [-0.3, -0.25) is 4.79 Å². The maximum atomic E-state index is 12.2. The standard InChI is InChI=1S/C20H19N3O4/c1-13(24)21-11-17-12-22(14(2)26-17)15-7-9-16(10-8-15)23-18-5-3-4-6-19(18)27-20(23)25/h3-10,17H,2,11-12H2,1H3,(H,21,24)/t17-/m0/s1. The second-order valence-corrected chi connectivity index (χ2v) is 6.37. The van der Waals surface area contributed by atoms with Crippen LogP contribution >= 0.6 is 0 Å². The van der Waals surface area contributed by atoms with E-state index in [9.17, 15) is 9.59 Å². The molecular formula is C20H19N3O4. The predicted octanol–water partition coefficient (Wildman–Crippen LogP) is 2.40. The fraction of sp³-hybridized carbons (Fsp3) is 0.200. The number of hydrogen-bond donors (Lipinski definition) is 1. The summed E-state index contributed by atoms with van der Waals surface area (Å²) >= 11 is 0. The Kier molecular flexibility index (Phi) is 4.19. The van der Waals surface area contributed by atoms with Gasteiger partial charge in [0, 0.05) is 12.6 Å². The second kappa shape index (κ2) is 6.68. The van der Waals surface area contributed by atoms with Crippen LogP contribution in [0.25, 0.3) is 16.8 Å². The largest absolute Gasteiger partial charge is 0.472 e. The van der Waals surface area contributed by atoms with E-state index in [4.69, 9.17) is 9.15 Å². The molecule has 3 aromatic rings. The zero-order chi connectivity index (χ0) is 19.0. The van der Waals surface area contributed by atoms with Crippen molar-refractivity contribution < 1.29 is 13.9 Å². The third-order valence-electron chi connectivity index (χ3n) is 4.47. The SMILES string of the molecule is C=C1O[C@@H](CNC(C)=O)CN1c1ccc(-n2c(=O)oc3ccccc32)cc1. The summed E-state index contributed by atoms with van der Waals surface area (Å²) in [5.41, 5.74) is 2.89. The van der Waals surface area contributed by atoms with Crippen molar-refractivity contribution in [3.63, 3.8) is 0 Å². The first-order valence-electron chi connectivity index (χ1n) is 8.61. The Balaban J connectivity index is 1.57. The number of aromatic nitrogens is 1. The van der Waals surface area contributed by atoms with Gasteiger partial charge in [0.25, 0.3) is 0 Å². The molecule has 2 heterocycles. The van der Waals surface area contributed by atoms with Crippen molar-refractivity contribution in [1.82, 2.24) is 9.88 Å². The number of amides is 1. The quantitative estimate of drug-likeness (QED) is 0.768. The molecule has 7 heteroatoms. The molecule has 138 valence electrons. The van der Waals surface area contributed by atoms with Crippen molar-refractivity contribution in [2.45, 2.75) is 13.0 Å². The number of benzene rings is 2. The minimum atomic E-state index is -0.423. The van der Waals surface area contributed by atoms with Crippen LogP contribution in [-0.4, -0.2) is 29.7 Å². The summed E-state index contributed by atoms with van der Waals surface area (Å²) in [7, 11) is 0. The molecule has 0 bridgehead atoms. The normalized spacial score (nSPS) is 16.6. The van der Waals surface area contributed by atoms with E-state index in [-0.39, 0.29) is 12.0 Å². The van der Waals surface area contributed by atoms with Crippen LogP contribution in [0.5, 0.6) is 0 Å². The molecule has 1 aliphatic heterocycles. The molecule has 0 radical (unpaired) electrons. The van der Waals surface area contributed by atoms with E-state index < -0.39 is 5.76 Å². The molecule has 2 aromatic carbocycles. The highest BCUT2D eigenvalue weighted by Crippen LogP contribution is 2.27. The van der Waals surface area contributed by atoms with E-state index in [0.717, 1.165) is 11.2 Å². The van der Waals surface area contributed by atoms with Crippen LogP contribution in [0.2, 0.25) is 0 Å². The minimum Gasteiger partial charge on any atom is -0.472 e. The van der Waals surface area contributed by atoms with Gasteiger partial charge in [-0.15, -0.1) is 0 Å². The summed E-state index contributed by atoms with van der Waals surface area (Å²) < 4.78 is 12.5. The van der Waals surface area contributed by atoms with Crippen LogP contribution in [0, 0.1) is 0 Å². The Morgan fingerprint density at radius 2 is 1.89 bits per heavy atom. The van der Waals surface area contributed by atoms with Crippen molar-refractivity contribution in [3.05, 3.63) is 71.5 Å². The lowest BCUT2D eigenvalue weighted by atomic mass is 10.2. The Labute approximate surface area is 155 Å². The summed E-state index contributed by atoms with van der Waals surface area (Å²) in [6.07, 6.45) is -0.151. The predicted molar refractivity (Wildman–Crippen MR) is 102 cm³/mol. The number of nitrogens with one attached hydrogen (secondary N) is 1. The average molecular weight is 365 g/mol. The minimum absolute atomic E-state index is 0.0928. The lowest BCUT2D eigenvalue weighted by molar-refractivity contribution is -0.119. The number of carbonyl (C=O) groups is 1. The lowest BCUT2D eigenvalue weighted by Crippen LogP contribution is -2.33. The Bertz CT molecular complexity index is 1060. The number of anilines is 1. The smallest absolute Gasteiger partial charge is 0.424 e. The van der Waals surface area contributed by atoms with Crippen molar-refractivity contribution in [1.29, 1.82) is 0 Å². The maximum Gasteiger partial charge on any atom is 0.424 e. The number of nitrogens with zero attached hydrogens (tertiary/aromatic N) is 2. The highest BCUT2D eigenvalue weighted by Gasteiger charge is 2.27. The molecule has 0 saturated carbocycles. The molecular weight excluding hydrogens is 346 g/mol. The van der Waals surface area contributed by atoms with Crippen molar-refractivity contribution in [2.75, 3.05) is 18.0 Å². The van der Waals surface area contributed by atoms with E-state index >= 15 is 0 Å². The van der Waals surface area contributed by atoms with Crippen molar-refractivity contribution >= 4 is 22.7 Å². The Morgan fingerprint density at radius 3 is 2.63 bits per heavy atom. The monoisotopic (exact) mass is 365 g/mol. The molecule has 27 heavy (non-hydrogen) atoms. The summed E-state index contributed by atoms with van der Waals surface area (Å²) in [5, 5.41) is 2.75. The fourth-order valence-electron chi connectivity index (χ4n) is 3.20. The molecule has 7 nitrogen and oxygen atoms in total. The summed E-state index contributed by atoms with van der Waals surface area (Å²) in [4.78, 5) is 25.2. The number of ether oxygens (including phenoxy) is 1. The number of para-hydroxylation sites is 2. The summed E-state index contributed by atoms with van der Waals surface area (Å²) in [5.74, 6) is 0.0158. The summed E-state index contributed by atoms with van der Waals surface area (Å²) in [6.45, 7) is 6.43. The van der Waals surface area contributed by atoms with E-state index in [0.29, 0.717) is 30.2 Å². The molecule has 1 atom stereocenters. The van der Waals surface area contributed by atoms with Gasteiger partial charge in [-0.05, 0) is 43.0 Å². The van der Waals surface area contributed by atoms with E-state index in [1.165, 1.54) is 11.5 Å². The van der Waals surface area contributed by atoms with Gasteiger partial charge in [0.05, 0.1) is 24.3 Å². The molecule has 0 unspecified atom stereocenters. The highest BCUT2D eigenvalue weighted by molar-refractivity contribution is 5.75. The van der Waals surface area contributed by atoms with Crippen LogP contribution in [0.15, 0.2) is 70.2 Å². The van der Waals surface area contributed by atoms with Gasteiger partial charge < -0.3 is 19.4 Å². The molecule has 1 fully saturated rings. The average Bonchev–Trinajstić information content (AvgIpc) is 3.19. The van der Waals surface area contributed by atoms with Crippen LogP contribution < -0.4 is 16.0 Å². The van der Waals surface area contributed by atoms with Crippen molar-refractivity contribution in [2.24, 2.45) is 0 Å². The van der Waals surface area contributed by atoms with Gasteiger partial charge in [-0.25, -0.2) is 9.36 Å². The van der Waals surface area contributed by atoms with Gasteiger partial charge in [0.15, 0.2) is 11.5 Å². The molecule has 0 aliphatic carbocycles. The van der Waals surface area contributed by atoms with E-state index in [2.05, 4.69) is 11.9 Å². The third kappa shape index (κ3) is 3.19. The number of oxazole rings is 1. The third-order valence-corrected chi connectivity index (χ3v) is 4.47. The van der Waals surface area contributed by atoms with Crippen LogP contribution in [0.3, 0.4) is 0 Å². The summed E-state index contributed by atoms with van der Waals surface area (Å²) in [6, 6.07) is 14.8. The molecule has 1 aromatic heterocycles. The number of rotatable bonds is 4. The zero-order valence-corrected chi connectivity index (χ0v) is 14.8. The van der Waals surface area contributed by atoms with Crippen molar-refractivity contribution in [3.8, 4) is 5.69 Å². The topological polar surface area (TPSA) is 76.7 Å². The molecule has 1 N–H and O–H groups in total. The van der Waals surface area contributed by atoms with Crippen LogP contribution in [-0.2, 0) is 9.53 Å². The Morgan fingerprint density at radius 1 is 1.19 bits per heavy atom. The van der Waals surface area contributed by atoms with Gasteiger partial charge in [-0.1, -0.05) is 12.1 Å². The number of carbonyl (C=O) groups excluding carboxylic acids is 1. The molecule has 4 rings (SSSR count). The Hall–Kier alpha value is -3.48. The highest BCUT2D eigenvalue weighted by atomic mass is 16.5. The second-order valence-electron chi connectivity index (χ2n) is 6.37. The van der Waals surface area contributed by atoms with E-state index in [1.54, 1.807) is 6.07 Å². The first kappa shape index (κ1) is 17.0. The maximum absolute atomic E-state index is 12.2. The first-order valence-corrected chi connectivity index (χ1v) is 8.61. The lowest BCUT2D eigenvalue weighted by Gasteiger charge is -2.16.